The quantitative estimate of drug-likeness (QED) is 0.459. The van der Waals surface area contributed by atoms with E-state index in [0.717, 1.165) is 11.1 Å². The highest BCUT2D eigenvalue weighted by Gasteiger charge is 2.07. The summed E-state index contributed by atoms with van der Waals surface area (Å²) < 4.78 is 19.6. The predicted octanol–water partition coefficient (Wildman–Crippen LogP) is 5.34. The van der Waals surface area contributed by atoms with E-state index < -0.39 is 5.82 Å². The molecule has 0 heterocycles. The molecule has 0 aliphatic carbocycles. The van der Waals surface area contributed by atoms with Crippen LogP contribution in [0, 0.1) is 28.5 Å². The van der Waals surface area contributed by atoms with Gasteiger partial charge in [-0.05, 0) is 35.9 Å². The zero-order chi connectivity index (χ0) is 19.1. The number of benzene rings is 3. The van der Waals surface area contributed by atoms with Crippen LogP contribution in [0.4, 0.5) is 4.39 Å². The first-order chi connectivity index (χ1) is 13.2. The minimum absolute atomic E-state index is 0.254. The highest BCUT2D eigenvalue weighted by Crippen LogP contribution is 2.22. The number of allylic oxidation sites excluding steroid dienone is 1. The zero-order valence-electron chi connectivity index (χ0n) is 14.4. The van der Waals surface area contributed by atoms with Crippen LogP contribution in [0.1, 0.15) is 22.3 Å². The highest BCUT2D eigenvalue weighted by atomic mass is 19.1. The van der Waals surface area contributed by atoms with Gasteiger partial charge in [0.05, 0.1) is 23.3 Å². The molecule has 0 spiro atoms. The second-order valence-electron chi connectivity index (χ2n) is 5.78. The van der Waals surface area contributed by atoms with E-state index in [1.165, 1.54) is 6.07 Å². The molecule has 0 saturated carbocycles. The molecule has 0 aliphatic heterocycles. The van der Waals surface area contributed by atoms with Gasteiger partial charge in [-0.2, -0.15) is 10.5 Å². The summed E-state index contributed by atoms with van der Waals surface area (Å²) in [5.41, 5.74) is 2.69. The van der Waals surface area contributed by atoms with E-state index >= 15 is 0 Å². The number of ether oxygens (including phenoxy) is 1. The van der Waals surface area contributed by atoms with E-state index in [4.69, 9.17) is 10.00 Å². The number of nitrogens with zero attached hydrogens (tertiary/aromatic N) is 2. The molecule has 0 bridgehead atoms. The second-order valence-corrected chi connectivity index (χ2v) is 5.78. The molecule has 130 valence electrons. The molecular weight excluding hydrogens is 339 g/mol. The van der Waals surface area contributed by atoms with Crippen molar-refractivity contribution in [3.8, 4) is 17.9 Å². The van der Waals surface area contributed by atoms with Crippen LogP contribution in [0.3, 0.4) is 0 Å². The van der Waals surface area contributed by atoms with Gasteiger partial charge in [0.25, 0.3) is 0 Å². The Balaban J connectivity index is 1.74. The molecular formula is C23H15FN2O. The molecule has 0 aromatic heterocycles. The maximum atomic E-state index is 13.9. The van der Waals surface area contributed by atoms with Gasteiger partial charge >= 0.3 is 0 Å². The Morgan fingerprint density at radius 3 is 2.33 bits per heavy atom. The maximum Gasteiger partial charge on any atom is 0.131 e. The van der Waals surface area contributed by atoms with Gasteiger partial charge in [-0.25, -0.2) is 4.39 Å². The van der Waals surface area contributed by atoms with Gasteiger partial charge in [0.2, 0.25) is 0 Å². The normalized spacial score (nSPS) is 10.7. The van der Waals surface area contributed by atoms with E-state index in [-0.39, 0.29) is 17.7 Å². The van der Waals surface area contributed by atoms with Crippen molar-refractivity contribution < 1.29 is 9.13 Å². The lowest BCUT2D eigenvalue weighted by Gasteiger charge is -2.08. The van der Waals surface area contributed by atoms with Gasteiger partial charge in [0.15, 0.2) is 0 Å². The third-order valence-electron chi connectivity index (χ3n) is 4.01. The lowest BCUT2D eigenvalue weighted by molar-refractivity contribution is 0.306. The minimum atomic E-state index is -0.429. The first-order valence-corrected chi connectivity index (χ1v) is 8.29. The molecule has 0 N–H and O–H groups in total. The van der Waals surface area contributed by atoms with Crippen LogP contribution >= 0.6 is 0 Å². The molecule has 0 aliphatic rings. The fraction of sp³-hybridized carbons (Fsp3) is 0.0435. The average molecular weight is 354 g/mol. The largest absolute Gasteiger partial charge is 0.489 e. The van der Waals surface area contributed by atoms with Gasteiger partial charge in [-0.1, -0.05) is 48.5 Å². The molecule has 3 nitrogen and oxygen atoms in total. The van der Waals surface area contributed by atoms with E-state index in [2.05, 4.69) is 6.07 Å². The van der Waals surface area contributed by atoms with E-state index in [9.17, 15) is 9.65 Å². The Hall–Kier alpha value is -3.89. The SMILES string of the molecule is N#C/C(=C/c1ccc(OCc2ccccc2C#N)cc1)c1ccccc1F. The third kappa shape index (κ3) is 4.39. The number of nitriles is 2. The van der Waals surface area contributed by atoms with Gasteiger partial charge in [0.1, 0.15) is 18.2 Å². The van der Waals surface area contributed by atoms with Crippen molar-refractivity contribution in [2.75, 3.05) is 0 Å². The first kappa shape index (κ1) is 17.9. The van der Waals surface area contributed by atoms with Crippen molar-refractivity contribution in [1.82, 2.24) is 0 Å². The Labute approximate surface area is 157 Å². The molecule has 4 heteroatoms. The van der Waals surface area contributed by atoms with Crippen molar-refractivity contribution >= 4 is 11.6 Å². The number of halogens is 1. The van der Waals surface area contributed by atoms with Crippen LogP contribution < -0.4 is 4.74 Å². The van der Waals surface area contributed by atoms with Crippen LogP contribution in [-0.4, -0.2) is 0 Å². The van der Waals surface area contributed by atoms with Crippen molar-refractivity contribution in [2.24, 2.45) is 0 Å². The highest BCUT2D eigenvalue weighted by molar-refractivity contribution is 5.89. The van der Waals surface area contributed by atoms with E-state index in [0.29, 0.717) is 11.3 Å². The summed E-state index contributed by atoms with van der Waals surface area (Å²) >= 11 is 0. The van der Waals surface area contributed by atoms with Crippen LogP contribution in [0.2, 0.25) is 0 Å². The summed E-state index contributed by atoms with van der Waals surface area (Å²) in [5.74, 6) is 0.214. The predicted molar refractivity (Wildman–Crippen MR) is 102 cm³/mol. The van der Waals surface area contributed by atoms with Crippen LogP contribution in [0.5, 0.6) is 5.75 Å². The Bertz CT molecular complexity index is 1060. The van der Waals surface area contributed by atoms with E-state index in [1.807, 2.05) is 24.3 Å². The van der Waals surface area contributed by atoms with Crippen molar-refractivity contribution in [1.29, 1.82) is 10.5 Å². The Morgan fingerprint density at radius 2 is 1.63 bits per heavy atom. The maximum absolute atomic E-state index is 13.9. The second kappa shape index (κ2) is 8.47. The van der Waals surface area contributed by atoms with Crippen LogP contribution in [-0.2, 0) is 6.61 Å². The fourth-order valence-corrected chi connectivity index (χ4v) is 2.59. The van der Waals surface area contributed by atoms with Crippen molar-refractivity contribution in [2.45, 2.75) is 6.61 Å². The number of hydrogen-bond acceptors (Lipinski definition) is 3. The molecule has 0 unspecified atom stereocenters. The number of rotatable bonds is 5. The van der Waals surface area contributed by atoms with Crippen molar-refractivity contribution in [3.05, 3.63) is 101 Å². The van der Waals surface area contributed by atoms with Gasteiger partial charge < -0.3 is 4.74 Å². The van der Waals surface area contributed by atoms with Gasteiger partial charge in [0, 0.05) is 11.1 Å². The van der Waals surface area contributed by atoms with Crippen molar-refractivity contribution in [3.63, 3.8) is 0 Å². The summed E-state index contributed by atoms with van der Waals surface area (Å²) in [6, 6.07) is 24.8. The fourth-order valence-electron chi connectivity index (χ4n) is 2.59. The Morgan fingerprint density at radius 1 is 0.926 bits per heavy atom. The van der Waals surface area contributed by atoms with Gasteiger partial charge in [-0.15, -0.1) is 0 Å². The smallest absolute Gasteiger partial charge is 0.131 e. The summed E-state index contributed by atoms with van der Waals surface area (Å²) in [6.07, 6.45) is 1.63. The van der Waals surface area contributed by atoms with Crippen LogP contribution in [0.15, 0.2) is 72.8 Å². The standard InChI is InChI=1S/C23H15FN2O/c24-23-8-4-3-7-22(23)20(15-26)13-17-9-11-21(12-10-17)27-16-19-6-2-1-5-18(19)14-25/h1-13H,16H2/b20-13-. The molecule has 0 saturated heterocycles. The summed E-state index contributed by atoms with van der Waals surface area (Å²) in [6.45, 7) is 0.289. The zero-order valence-corrected chi connectivity index (χ0v) is 14.4. The Kier molecular flexibility index (Phi) is 5.62. The molecule has 27 heavy (non-hydrogen) atoms. The minimum Gasteiger partial charge on any atom is -0.489 e. The third-order valence-corrected chi connectivity index (χ3v) is 4.01. The molecule has 0 radical (unpaired) electrons. The molecule has 3 aromatic carbocycles. The molecule has 0 fully saturated rings. The van der Waals surface area contributed by atoms with Crippen LogP contribution in [0.25, 0.3) is 11.6 Å². The number of hydrogen-bond donors (Lipinski definition) is 0. The molecule has 0 atom stereocenters. The van der Waals surface area contributed by atoms with E-state index in [1.54, 1.807) is 54.6 Å². The first-order valence-electron chi connectivity index (χ1n) is 8.29. The lowest BCUT2D eigenvalue weighted by Crippen LogP contribution is -1.98. The van der Waals surface area contributed by atoms with Gasteiger partial charge in [-0.3, -0.25) is 0 Å². The average Bonchev–Trinajstić information content (AvgIpc) is 2.72. The summed E-state index contributed by atoms with van der Waals surface area (Å²) in [4.78, 5) is 0. The topological polar surface area (TPSA) is 56.8 Å². The monoisotopic (exact) mass is 354 g/mol. The molecule has 3 rings (SSSR count). The molecule has 0 amide bonds. The summed E-state index contributed by atoms with van der Waals surface area (Å²) in [5, 5.41) is 18.5. The summed E-state index contributed by atoms with van der Waals surface area (Å²) in [7, 11) is 0. The lowest BCUT2D eigenvalue weighted by atomic mass is 10.0. The molecule has 3 aromatic rings.